The molecule has 0 amide bonds. The quantitative estimate of drug-likeness (QED) is 0.739. The monoisotopic (exact) mass is 255 g/mol. The minimum Gasteiger partial charge on any atom is -0.393 e. The maximum atomic E-state index is 6.20. The maximum Gasteiger partial charge on any atom is 0.0733 e. The third-order valence-electron chi connectivity index (χ3n) is 4.47. The molecule has 2 nitrogen and oxygen atoms in total. The summed E-state index contributed by atoms with van der Waals surface area (Å²) in [7, 11) is 0. The first kappa shape index (κ1) is 13.3. The normalized spacial score (nSPS) is 31.1. The van der Waals surface area contributed by atoms with Crippen molar-refractivity contribution in [2.45, 2.75) is 64.4 Å². The molecule has 2 aliphatic rings. The second kappa shape index (κ2) is 5.66. The van der Waals surface area contributed by atoms with Gasteiger partial charge in [0.1, 0.15) is 0 Å². The first-order valence-electron chi connectivity index (χ1n) is 7.05. The van der Waals surface area contributed by atoms with E-state index in [9.17, 15) is 0 Å². The van der Waals surface area contributed by atoms with Crippen LogP contribution in [0.15, 0.2) is 0 Å². The number of nitrogens with two attached hydrogens (primary N) is 1. The largest absolute Gasteiger partial charge is 0.393 e. The van der Waals surface area contributed by atoms with Gasteiger partial charge in [-0.3, -0.25) is 0 Å². The fourth-order valence-electron chi connectivity index (χ4n) is 3.06. The Morgan fingerprint density at radius 1 is 1.35 bits per heavy atom. The summed E-state index contributed by atoms with van der Waals surface area (Å²) in [6.45, 7) is 3.17. The summed E-state index contributed by atoms with van der Waals surface area (Å²) in [4.78, 5) is 0.654. The van der Waals surface area contributed by atoms with Crippen LogP contribution in [0.3, 0.4) is 0 Å². The van der Waals surface area contributed by atoms with Gasteiger partial charge >= 0.3 is 0 Å². The molecule has 2 saturated carbocycles. The van der Waals surface area contributed by atoms with E-state index in [1.807, 2.05) is 0 Å². The third kappa shape index (κ3) is 3.65. The van der Waals surface area contributed by atoms with Crippen LogP contribution in [-0.2, 0) is 4.74 Å². The van der Waals surface area contributed by atoms with E-state index in [0.717, 1.165) is 18.9 Å². The second-order valence-corrected chi connectivity index (χ2v) is 6.47. The van der Waals surface area contributed by atoms with Crippen LogP contribution in [-0.4, -0.2) is 17.7 Å². The van der Waals surface area contributed by atoms with Crippen LogP contribution < -0.4 is 5.73 Å². The van der Waals surface area contributed by atoms with E-state index >= 15 is 0 Å². The Balaban J connectivity index is 1.78. The molecule has 2 N–H and O–H groups in total. The fraction of sp³-hybridized carbons (Fsp3) is 0.929. The van der Waals surface area contributed by atoms with Gasteiger partial charge in [-0.05, 0) is 31.6 Å². The Morgan fingerprint density at radius 3 is 2.65 bits per heavy atom. The molecule has 0 aromatic heterocycles. The van der Waals surface area contributed by atoms with E-state index in [1.54, 1.807) is 0 Å². The highest BCUT2D eigenvalue weighted by Crippen LogP contribution is 2.49. The van der Waals surface area contributed by atoms with E-state index in [-0.39, 0.29) is 0 Å². The Kier molecular flexibility index (Phi) is 4.42. The van der Waals surface area contributed by atoms with Crippen LogP contribution >= 0.6 is 12.2 Å². The lowest BCUT2D eigenvalue weighted by atomic mass is 9.84. The molecule has 3 heteroatoms. The molecule has 0 saturated heterocycles. The lowest BCUT2D eigenvalue weighted by molar-refractivity contribution is -0.0317. The summed E-state index contributed by atoms with van der Waals surface area (Å²) in [5.41, 5.74) is 5.98. The fourth-order valence-corrected chi connectivity index (χ4v) is 3.37. The average Bonchev–Trinajstić information content (AvgIpc) is 3.06. The number of rotatable bonds is 6. The predicted molar refractivity (Wildman–Crippen MR) is 75.1 cm³/mol. The molecule has 0 bridgehead atoms. The zero-order valence-electron chi connectivity index (χ0n) is 10.9. The van der Waals surface area contributed by atoms with Crippen molar-refractivity contribution in [1.29, 1.82) is 0 Å². The molecule has 0 aliphatic heterocycles. The molecule has 2 fully saturated rings. The molecule has 0 heterocycles. The van der Waals surface area contributed by atoms with Crippen molar-refractivity contribution in [1.82, 2.24) is 0 Å². The van der Waals surface area contributed by atoms with E-state index in [0.29, 0.717) is 16.5 Å². The van der Waals surface area contributed by atoms with Crippen LogP contribution in [0.5, 0.6) is 0 Å². The molecule has 0 spiro atoms. The van der Waals surface area contributed by atoms with Crippen LogP contribution in [0.1, 0.15) is 58.3 Å². The van der Waals surface area contributed by atoms with E-state index in [2.05, 4.69) is 6.92 Å². The molecule has 2 unspecified atom stereocenters. The minimum absolute atomic E-state index is 0.321. The van der Waals surface area contributed by atoms with Gasteiger partial charge in [-0.2, -0.15) is 0 Å². The number of hydrogen-bond donors (Lipinski definition) is 1. The van der Waals surface area contributed by atoms with Gasteiger partial charge in [-0.1, -0.05) is 38.4 Å². The van der Waals surface area contributed by atoms with Gasteiger partial charge in [-0.15, -0.1) is 0 Å². The van der Waals surface area contributed by atoms with Crippen molar-refractivity contribution >= 4 is 17.2 Å². The molecule has 2 rings (SSSR count). The summed E-state index contributed by atoms with van der Waals surface area (Å²) in [5, 5.41) is 0. The van der Waals surface area contributed by atoms with Crippen LogP contribution in [0.4, 0.5) is 0 Å². The van der Waals surface area contributed by atoms with Crippen LogP contribution in [0.2, 0.25) is 0 Å². The van der Waals surface area contributed by atoms with Crippen molar-refractivity contribution in [3.63, 3.8) is 0 Å². The van der Waals surface area contributed by atoms with Gasteiger partial charge < -0.3 is 10.5 Å². The topological polar surface area (TPSA) is 35.2 Å². The van der Waals surface area contributed by atoms with E-state index in [4.69, 9.17) is 22.7 Å². The summed E-state index contributed by atoms with van der Waals surface area (Å²) in [5.74, 6) is 0.782. The lowest BCUT2D eigenvalue weighted by Crippen LogP contribution is -2.30. The smallest absolute Gasteiger partial charge is 0.0733 e. The zero-order valence-corrected chi connectivity index (χ0v) is 11.7. The van der Waals surface area contributed by atoms with Crippen molar-refractivity contribution in [3.8, 4) is 0 Å². The van der Waals surface area contributed by atoms with Gasteiger partial charge in [0.15, 0.2) is 0 Å². The second-order valence-electron chi connectivity index (χ2n) is 5.95. The third-order valence-corrected chi connectivity index (χ3v) is 4.62. The first-order valence-corrected chi connectivity index (χ1v) is 7.46. The Labute approximate surface area is 110 Å². The number of hydrogen-bond acceptors (Lipinski definition) is 2. The highest BCUT2D eigenvalue weighted by Gasteiger charge is 2.44. The Bertz CT molecular complexity index is 275. The zero-order chi connectivity index (χ0) is 12.3. The van der Waals surface area contributed by atoms with Gasteiger partial charge in [0.25, 0.3) is 0 Å². The highest BCUT2D eigenvalue weighted by molar-refractivity contribution is 7.80. The van der Waals surface area contributed by atoms with Gasteiger partial charge in [0.05, 0.1) is 17.7 Å². The van der Waals surface area contributed by atoms with Crippen molar-refractivity contribution in [2.75, 3.05) is 6.61 Å². The summed E-state index contributed by atoms with van der Waals surface area (Å²) in [6, 6.07) is 0. The standard InChI is InChI=1S/C14H25NOS/c1-2-11-5-3-4-6-12(11)16-10-14(7-8-14)9-13(15)17/h11-12H,2-10H2,1H3,(H2,15,17). The predicted octanol–water partition coefficient (Wildman–Crippen LogP) is 3.43. The Hall–Kier alpha value is -0.150. The van der Waals surface area contributed by atoms with Crippen LogP contribution in [0.25, 0.3) is 0 Å². The average molecular weight is 255 g/mol. The lowest BCUT2D eigenvalue weighted by Gasteiger charge is -2.32. The molecule has 0 aromatic rings. The molecular formula is C14H25NOS. The number of ether oxygens (including phenoxy) is 1. The summed E-state index contributed by atoms with van der Waals surface area (Å²) in [6.07, 6.45) is 10.4. The highest BCUT2D eigenvalue weighted by atomic mass is 32.1. The molecule has 98 valence electrons. The molecular weight excluding hydrogens is 230 g/mol. The van der Waals surface area contributed by atoms with E-state index < -0.39 is 0 Å². The maximum absolute atomic E-state index is 6.20. The Morgan fingerprint density at radius 2 is 2.06 bits per heavy atom. The SMILES string of the molecule is CCC1CCCCC1OCC1(CC(N)=S)CC1. The van der Waals surface area contributed by atoms with Crippen LogP contribution in [0, 0.1) is 11.3 Å². The van der Waals surface area contributed by atoms with Gasteiger partial charge in [0.2, 0.25) is 0 Å². The van der Waals surface area contributed by atoms with Crippen molar-refractivity contribution < 1.29 is 4.74 Å². The van der Waals surface area contributed by atoms with Gasteiger partial charge in [0, 0.05) is 11.8 Å². The molecule has 2 atom stereocenters. The summed E-state index contributed by atoms with van der Waals surface area (Å²) >= 11 is 5.02. The molecule has 0 aromatic carbocycles. The van der Waals surface area contributed by atoms with Crippen molar-refractivity contribution in [3.05, 3.63) is 0 Å². The van der Waals surface area contributed by atoms with Crippen molar-refractivity contribution in [2.24, 2.45) is 17.1 Å². The molecule has 0 radical (unpaired) electrons. The summed E-state index contributed by atoms with van der Waals surface area (Å²) < 4.78 is 6.20. The molecule has 17 heavy (non-hydrogen) atoms. The number of thiocarbonyl (C=S) groups is 1. The minimum atomic E-state index is 0.321. The van der Waals surface area contributed by atoms with E-state index in [1.165, 1.54) is 44.9 Å². The molecule has 2 aliphatic carbocycles. The van der Waals surface area contributed by atoms with Gasteiger partial charge in [-0.25, -0.2) is 0 Å². The first-order chi connectivity index (χ1) is 8.15.